The lowest BCUT2D eigenvalue weighted by Gasteiger charge is -2.24. The number of hydrogen-bond acceptors (Lipinski definition) is 2. The zero-order valence-electron chi connectivity index (χ0n) is 9.99. The maximum absolute atomic E-state index is 14.8. The number of alkyl halides is 1. The Morgan fingerprint density at radius 1 is 1.29 bits per heavy atom. The molecule has 0 spiro atoms. The molecule has 2 N–H and O–H groups in total. The first kappa shape index (κ1) is 12.0. The Morgan fingerprint density at radius 2 is 2.06 bits per heavy atom. The molecule has 17 heavy (non-hydrogen) atoms. The van der Waals surface area contributed by atoms with Gasteiger partial charge in [0.1, 0.15) is 5.67 Å². The van der Waals surface area contributed by atoms with Crippen LogP contribution >= 0.6 is 0 Å². The van der Waals surface area contributed by atoms with Crippen LogP contribution in [-0.2, 0) is 5.67 Å². The normalized spacial score (nSPS) is 14.8. The Morgan fingerprint density at radius 3 is 2.76 bits per heavy atom. The highest BCUT2D eigenvalue weighted by molar-refractivity contribution is 5.85. The van der Waals surface area contributed by atoms with Crippen LogP contribution in [0.5, 0.6) is 0 Å². The third kappa shape index (κ3) is 2.15. The van der Waals surface area contributed by atoms with Crippen LogP contribution in [0.1, 0.15) is 25.3 Å². The predicted molar refractivity (Wildman–Crippen MR) is 68.5 cm³/mol. The van der Waals surface area contributed by atoms with Crippen molar-refractivity contribution in [2.75, 3.05) is 6.54 Å². The Hall–Kier alpha value is -1.48. The SMILES string of the molecule is CCCC(F)(CN)c1cncc2ccccc12. The van der Waals surface area contributed by atoms with Crippen LogP contribution in [0, 0.1) is 0 Å². The standard InChI is InChI=1S/C14H17FN2/c1-2-7-14(15,10-16)13-9-17-8-11-5-3-4-6-12(11)13/h3-6,8-9H,2,7,10,16H2,1H3. The molecule has 1 aromatic carbocycles. The van der Waals surface area contributed by atoms with Gasteiger partial charge in [-0.1, -0.05) is 37.6 Å². The third-order valence-corrected chi connectivity index (χ3v) is 3.12. The van der Waals surface area contributed by atoms with Gasteiger partial charge in [0, 0.05) is 29.9 Å². The molecule has 0 saturated carbocycles. The minimum atomic E-state index is -1.47. The molecule has 0 aliphatic carbocycles. The van der Waals surface area contributed by atoms with Crippen molar-refractivity contribution in [1.82, 2.24) is 4.98 Å². The van der Waals surface area contributed by atoms with Crippen LogP contribution < -0.4 is 5.73 Å². The van der Waals surface area contributed by atoms with E-state index in [0.717, 1.165) is 17.2 Å². The third-order valence-electron chi connectivity index (χ3n) is 3.12. The van der Waals surface area contributed by atoms with Crippen LogP contribution in [0.25, 0.3) is 10.8 Å². The molecular formula is C14H17FN2. The van der Waals surface area contributed by atoms with Gasteiger partial charge in [-0.2, -0.15) is 0 Å². The molecule has 0 saturated heterocycles. The summed E-state index contributed by atoms with van der Waals surface area (Å²) in [5.41, 5.74) is 4.75. The van der Waals surface area contributed by atoms with Gasteiger partial charge in [-0.15, -0.1) is 0 Å². The van der Waals surface area contributed by atoms with Gasteiger partial charge in [0.2, 0.25) is 0 Å². The topological polar surface area (TPSA) is 38.9 Å². The molecule has 0 aliphatic rings. The summed E-state index contributed by atoms with van der Waals surface area (Å²) in [4.78, 5) is 4.11. The van der Waals surface area contributed by atoms with Crippen molar-refractivity contribution in [3.63, 3.8) is 0 Å². The second-order valence-electron chi connectivity index (χ2n) is 4.33. The fraction of sp³-hybridized carbons (Fsp3) is 0.357. The minimum absolute atomic E-state index is 0.00344. The van der Waals surface area contributed by atoms with Crippen LogP contribution in [0.15, 0.2) is 36.7 Å². The zero-order chi connectivity index (χ0) is 12.3. The number of pyridine rings is 1. The highest BCUT2D eigenvalue weighted by atomic mass is 19.1. The van der Waals surface area contributed by atoms with Gasteiger partial charge in [0.25, 0.3) is 0 Å². The Bertz CT molecular complexity index is 507. The van der Waals surface area contributed by atoms with Crippen LogP contribution in [0.2, 0.25) is 0 Å². The lowest BCUT2D eigenvalue weighted by Crippen LogP contribution is -2.30. The highest BCUT2D eigenvalue weighted by Gasteiger charge is 2.31. The average molecular weight is 232 g/mol. The van der Waals surface area contributed by atoms with Gasteiger partial charge in [0.15, 0.2) is 0 Å². The van der Waals surface area contributed by atoms with Crippen molar-refractivity contribution >= 4 is 10.8 Å². The van der Waals surface area contributed by atoms with Crippen molar-refractivity contribution in [3.8, 4) is 0 Å². The summed E-state index contributed by atoms with van der Waals surface area (Å²) in [5.74, 6) is 0. The second-order valence-corrected chi connectivity index (χ2v) is 4.33. The van der Waals surface area contributed by atoms with E-state index in [4.69, 9.17) is 5.73 Å². The van der Waals surface area contributed by atoms with Gasteiger partial charge >= 0.3 is 0 Å². The molecule has 2 rings (SSSR count). The van der Waals surface area contributed by atoms with Gasteiger partial charge < -0.3 is 5.73 Å². The number of aromatic nitrogens is 1. The largest absolute Gasteiger partial charge is 0.327 e. The summed E-state index contributed by atoms with van der Waals surface area (Å²) in [7, 11) is 0. The lowest BCUT2D eigenvalue weighted by atomic mass is 9.89. The second kappa shape index (κ2) is 4.80. The van der Waals surface area contributed by atoms with E-state index in [1.54, 1.807) is 12.4 Å². The van der Waals surface area contributed by atoms with Crippen molar-refractivity contribution in [1.29, 1.82) is 0 Å². The van der Waals surface area contributed by atoms with Crippen molar-refractivity contribution in [2.24, 2.45) is 5.73 Å². The number of halogens is 1. The van der Waals surface area contributed by atoms with Gasteiger partial charge in [0.05, 0.1) is 0 Å². The fourth-order valence-corrected chi connectivity index (χ4v) is 2.22. The van der Waals surface area contributed by atoms with Crippen molar-refractivity contribution < 1.29 is 4.39 Å². The van der Waals surface area contributed by atoms with Crippen LogP contribution in [0.4, 0.5) is 4.39 Å². The Labute approximate surface area is 101 Å². The molecular weight excluding hydrogens is 215 g/mol. The Kier molecular flexibility index (Phi) is 3.38. The van der Waals surface area contributed by atoms with E-state index in [1.807, 2.05) is 31.2 Å². The lowest BCUT2D eigenvalue weighted by molar-refractivity contribution is 0.161. The molecule has 2 nitrogen and oxygen atoms in total. The summed E-state index contributed by atoms with van der Waals surface area (Å²) in [6, 6.07) is 7.70. The van der Waals surface area contributed by atoms with Crippen LogP contribution in [-0.4, -0.2) is 11.5 Å². The molecule has 0 radical (unpaired) electrons. The number of rotatable bonds is 4. The van der Waals surface area contributed by atoms with E-state index in [-0.39, 0.29) is 6.54 Å². The van der Waals surface area contributed by atoms with E-state index < -0.39 is 5.67 Å². The Balaban J connectivity index is 2.61. The number of fused-ring (bicyclic) bond motifs is 1. The van der Waals surface area contributed by atoms with Crippen molar-refractivity contribution in [3.05, 3.63) is 42.2 Å². The predicted octanol–water partition coefficient (Wildman–Crippen LogP) is 3.16. The monoisotopic (exact) mass is 232 g/mol. The van der Waals surface area contributed by atoms with Crippen LogP contribution in [0.3, 0.4) is 0 Å². The summed E-state index contributed by atoms with van der Waals surface area (Å²) < 4.78 is 14.8. The van der Waals surface area contributed by atoms with E-state index in [9.17, 15) is 4.39 Å². The average Bonchev–Trinajstić information content (AvgIpc) is 2.38. The summed E-state index contributed by atoms with van der Waals surface area (Å²) in [6.07, 6.45) is 4.54. The first-order chi connectivity index (χ1) is 8.21. The number of nitrogens with two attached hydrogens (primary N) is 1. The maximum atomic E-state index is 14.8. The summed E-state index contributed by atoms with van der Waals surface area (Å²) >= 11 is 0. The smallest absolute Gasteiger partial charge is 0.150 e. The molecule has 3 heteroatoms. The molecule has 90 valence electrons. The van der Waals surface area contributed by atoms with Gasteiger partial charge in [-0.25, -0.2) is 4.39 Å². The molecule has 1 atom stereocenters. The molecule has 1 unspecified atom stereocenters. The van der Waals surface area contributed by atoms with E-state index >= 15 is 0 Å². The summed E-state index contributed by atoms with van der Waals surface area (Å²) in [6.45, 7) is 1.96. The quantitative estimate of drug-likeness (QED) is 0.879. The molecule has 0 aliphatic heterocycles. The molecule has 2 aromatic rings. The first-order valence-electron chi connectivity index (χ1n) is 5.93. The fourth-order valence-electron chi connectivity index (χ4n) is 2.22. The highest BCUT2D eigenvalue weighted by Crippen LogP contribution is 2.34. The van der Waals surface area contributed by atoms with E-state index in [1.165, 1.54) is 0 Å². The maximum Gasteiger partial charge on any atom is 0.150 e. The minimum Gasteiger partial charge on any atom is -0.327 e. The zero-order valence-corrected chi connectivity index (χ0v) is 9.99. The van der Waals surface area contributed by atoms with E-state index in [0.29, 0.717) is 12.0 Å². The molecule has 0 amide bonds. The first-order valence-corrected chi connectivity index (χ1v) is 5.93. The number of benzene rings is 1. The van der Waals surface area contributed by atoms with Gasteiger partial charge in [-0.3, -0.25) is 4.98 Å². The van der Waals surface area contributed by atoms with Gasteiger partial charge in [-0.05, 0) is 11.8 Å². The van der Waals surface area contributed by atoms with E-state index in [2.05, 4.69) is 4.98 Å². The van der Waals surface area contributed by atoms with Crippen molar-refractivity contribution in [2.45, 2.75) is 25.4 Å². The molecule has 1 aromatic heterocycles. The number of nitrogens with zero attached hydrogens (tertiary/aromatic N) is 1. The molecule has 0 fully saturated rings. The molecule has 1 heterocycles. The summed E-state index contributed by atoms with van der Waals surface area (Å²) in [5, 5.41) is 1.86. The number of hydrogen-bond donors (Lipinski definition) is 1. The molecule has 0 bridgehead atoms.